The van der Waals surface area contributed by atoms with E-state index < -0.39 is 5.91 Å². The number of rotatable bonds is 6. The average Bonchev–Trinajstić information content (AvgIpc) is 3.43. The van der Waals surface area contributed by atoms with Gasteiger partial charge in [0.1, 0.15) is 6.54 Å². The molecule has 4 rings (SSSR count). The summed E-state index contributed by atoms with van der Waals surface area (Å²) in [4.78, 5) is 16.6. The van der Waals surface area contributed by atoms with E-state index in [1.165, 1.54) is 10.9 Å². The fourth-order valence-electron chi connectivity index (χ4n) is 2.43. The van der Waals surface area contributed by atoms with Gasteiger partial charge in [-0.3, -0.25) is 4.79 Å². The molecular weight excluding hydrogens is 394 g/mol. The summed E-state index contributed by atoms with van der Waals surface area (Å²) in [5.74, 6) is -0.348. The minimum Gasteiger partial charge on any atom is -0.379 e. The number of anilines is 2. The first kappa shape index (κ1) is 18.7. The van der Waals surface area contributed by atoms with Gasteiger partial charge in [0.2, 0.25) is 5.82 Å². The minimum absolute atomic E-state index is 0.0166. The van der Waals surface area contributed by atoms with E-state index in [1.807, 2.05) is 31.2 Å². The summed E-state index contributed by atoms with van der Waals surface area (Å²) in [6.45, 7) is 1.72. The van der Waals surface area contributed by atoms with Crippen LogP contribution in [0.2, 0.25) is 0 Å². The van der Waals surface area contributed by atoms with E-state index in [2.05, 4.69) is 50.5 Å². The van der Waals surface area contributed by atoms with E-state index >= 15 is 0 Å². The molecule has 0 radical (unpaired) electrons. The van der Waals surface area contributed by atoms with Crippen molar-refractivity contribution in [3.05, 3.63) is 35.4 Å². The van der Waals surface area contributed by atoms with Crippen LogP contribution in [-0.2, 0) is 11.3 Å². The fraction of sp³-hybridized carbons (Fsp3) is 0.125. The van der Waals surface area contributed by atoms with Crippen molar-refractivity contribution in [3.63, 3.8) is 0 Å². The molecule has 1 amide bonds. The van der Waals surface area contributed by atoms with E-state index in [0.29, 0.717) is 0 Å². The maximum Gasteiger partial charge on any atom is 0.261 e. The van der Waals surface area contributed by atoms with Crippen LogP contribution in [-0.4, -0.2) is 47.5 Å². The summed E-state index contributed by atoms with van der Waals surface area (Å²) in [5.41, 5.74) is 16.0. The largest absolute Gasteiger partial charge is 0.379 e. The van der Waals surface area contributed by atoms with Crippen LogP contribution < -0.4 is 16.9 Å². The second-order valence-electron chi connectivity index (χ2n) is 6.12. The van der Waals surface area contributed by atoms with Crippen molar-refractivity contribution >= 4 is 23.8 Å². The van der Waals surface area contributed by atoms with Crippen LogP contribution in [0.4, 0.5) is 11.6 Å². The summed E-state index contributed by atoms with van der Waals surface area (Å²) < 4.78 is 10.4. The Kier molecular flexibility index (Phi) is 4.86. The van der Waals surface area contributed by atoms with Gasteiger partial charge in [-0.25, -0.2) is 24.3 Å². The predicted octanol–water partition coefficient (Wildman–Crippen LogP) is 0.00122. The Morgan fingerprint density at radius 2 is 1.77 bits per heavy atom. The molecule has 5 N–H and O–H groups in total. The number of aryl methyl sites for hydroxylation is 1. The van der Waals surface area contributed by atoms with Crippen LogP contribution in [0.25, 0.3) is 23.0 Å². The number of amides is 1. The molecule has 14 heteroatoms. The standard InChI is InChI=1S/C16H15N11O3/c1-8-2-4-9(5-3-8)6-19-21-10(28)7-27-16(12-14(18)26-30-24-12)20-15(22-27)11-13(17)25-29-23-11/h2-6H,7H2,1H3,(H2,17,25)(H2,18,26)(H,21,28). The van der Waals surface area contributed by atoms with Crippen molar-refractivity contribution in [2.24, 2.45) is 5.10 Å². The number of hydrazone groups is 1. The van der Waals surface area contributed by atoms with Gasteiger partial charge >= 0.3 is 0 Å². The number of aromatic nitrogens is 7. The predicted molar refractivity (Wildman–Crippen MR) is 102 cm³/mol. The van der Waals surface area contributed by atoms with Gasteiger partial charge in [0.25, 0.3) is 5.91 Å². The van der Waals surface area contributed by atoms with Crippen LogP contribution in [0.1, 0.15) is 11.1 Å². The highest BCUT2D eigenvalue weighted by molar-refractivity contribution is 5.82. The molecule has 152 valence electrons. The Labute approximate surface area is 167 Å². The van der Waals surface area contributed by atoms with E-state index in [4.69, 9.17) is 11.5 Å². The molecule has 0 saturated carbocycles. The van der Waals surface area contributed by atoms with E-state index in [-0.39, 0.29) is 41.2 Å². The van der Waals surface area contributed by atoms with Crippen LogP contribution in [0.5, 0.6) is 0 Å². The molecule has 3 aromatic heterocycles. The molecular formula is C16H15N11O3. The number of carbonyl (C=O) groups excluding carboxylic acids is 1. The third kappa shape index (κ3) is 3.82. The van der Waals surface area contributed by atoms with Gasteiger partial charge in [-0.15, -0.1) is 5.10 Å². The average molecular weight is 409 g/mol. The maximum absolute atomic E-state index is 12.4. The molecule has 0 bridgehead atoms. The number of hydrogen-bond donors (Lipinski definition) is 3. The van der Waals surface area contributed by atoms with Crippen LogP contribution in [0.3, 0.4) is 0 Å². The highest BCUT2D eigenvalue weighted by atomic mass is 16.6. The topological polar surface area (TPSA) is 202 Å². The summed E-state index contributed by atoms with van der Waals surface area (Å²) in [7, 11) is 0. The lowest BCUT2D eigenvalue weighted by Gasteiger charge is -2.03. The smallest absolute Gasteiger partial charge is 0.261 e. The number of nitrogens with two attached hydrogens (primary N) is 2. The number of hydrogen-bond acceptors (Lipinski definition) is 12. The Hall–Kier alpha value is -4.62. The maximum atomic E-state index is 12.4. The lowest BCUT2D eigenvalue weighted by Crippen LogP contribution is -2.24. The molecule has 0 aliphatic carbocycles. The zero-order valence-electron chi connectivity index (χ0n) is 15.6. The Morgan fingerprint density at radius 3 is 2.40 bits per heavy atom. The summed E-state index contributed by atoms with van der Waals surface area (Å²) in [6, 6.07) is 7.63. The van der Waals surface area contributed by atoms with Crippen molar-refractivity contribution in [2.75, 3.05) is 11.5 Å². The minimum atomic E-state index is -0.475. The van der Waals surface area contributed by atoms with Gasteiger partial charge in [-0.1, -0.05) is 29.8 Å². The van der Waals surface area contributed by atoms with Crippen molar-refractivity contribution in [3.8, 4) is 23.0 Å². The van der Waals surface area contributed by atoms with Crippen molar-refractivity contribution < 1.29 is 14.1 Å². The van der Waals surface area contributed by atoms with Crippen LogP contribution in [0.15, 0.2) is 38.6 Å². The molecule has 14 nitrogen and oxygen atoms in total. The van der Waals surface area contributed by atoms with Gasteiger partial charge in [-0.2, -0.15) is 5.10 Å². The lowest BCUT2D eigenvalue weighted by molar-refractivity contribution is -0.121. The monoisotopic (exact) mass is 409 g/mol. The number of nitrogens with zero attached hydrogens (tertiary/aromatic N) is 8. The Morgan fingerprint density at radius 1 is 1.10 bits per heavy atom. The zero-order chi connectivity index (χ0) is 21.1. The van der Waals surface area contributed by atoms with Crippen LogP contribution >= 0.6 is 0 Å². The fourth-order valence-corrected chi connectivity index (χ4v) is 2.43. The first-order valence-corrected chi connectivity index (χ1v) is 8.51. The van der Waals surface area contributed by atoms with E-state index in [1.54, 1.807) is 0 Å². The molecule has 0 unspecified atom stereocenters. The Bertz CT molecular complexity index is 1210. The number of nitrogen functional groups attached to an aromatic ring is 2. The quantitative estimate of drug-likeness (QED) is 0.285. The molecule has 0 aliphatic heterocycles. The lowest BCUT2D eigenvalue weighted by atomic mass is 10.2. The molecule has 4 aromatic rings. The number of benzene rings is 1. The summed E-state index contributed by atoms with van der Waals surface area (Å²) >= 11 is 0. The first-order chi connectivity index (χ1) is 14.5. The molecule has 0 spiro atoms. The van der Waals surface area contributed by atoms with Crippen molar-refractivity contribution in [1.82, 2.24) is 40.8 Å². The number of carbonyl (C=O) groups is 1. The molecule has 30 heavy (non-hydrogen) atoms. The zero-order valence-corrected chi connectivity index (χ0v) is 15.6. The van der Waals surface area contributed by atoms with E-state index in [0.717, 1.165) is 11.1 Å². The van der Waals surface area contributed by atoms with Crippen molar-refractivity contribution in [2.45, 2.75) is 13.5 Å². The van der Waals surface area contributed by atoms with Crippen molar-refractivity contribution in [1.29, 1.82) is 0 Å². The molecule has 1 aromatic carbocycles. The summed E-state index contributed by atoms with van der Waals surface area (Å²) in [6.07, 6.45) is 1.52. The van der Waals surface area contributed by atoms with Gasteiger partial charge < -0.3 is 11.5 Å². The molecule has 0 fully saturated rings. The molecule has 0 aliphatic rings. The first-order valence-electron chi connectivity index (χ1n) is 8.51. The van der Waals surface area contributed by atoms with E-state index in [9.17, 15) is 4.79 Å². The summed E-state index contributed by atoms with van der Waals surface area (Å²) in [5, 5.41) is 22.5. The molecule has 3 heterocycles. The SMILES string of the molecule is Cc1ccc(C=NNC(=O)Cn2nc(-c3nonc3N)nc2-c2nonc2N)cc1. The highest BCUT2D eigenvalue weighted by Crippen LogP contribution is 2.25. The Balaban J connectivity index is 1.55. The van der Waals surface area contributed by atoms with Crippen LogP contribution in [0, 0.1) is 6.92 Å². The highest BCUT2D eigenvalue weighted by Gasteiger charge is 2.24. The molecule has 0 saturated heterocycles. The third-order valence-corrected chi connectivity index (χ3v) is 3.90. The van der Waals surface area contributed by atoms with Gasteiger partial charge in [-0.05, 0) is 33.1 Å². The second-order valence-corrected chi connectivity index (χ2v) is 6.12. The van der Waals surface area contributed by atoms with Gasteiger partial charge in [0.15, 0.2) is 28.8 Å². The molecule has 0 atom stereocenters. The second kappa shape index (κ2) is 7.78. The van der Waals surface area contributed by atoms with Gasteiger partial charge in [0.05, 0.1) is 6.21 Å². The third-order valence-electron chi connectivity index (χ3n) is 3.90. The normalized spacial score (nSPS) is 11.2. The van der Waals surface area contributed by atoms with Gasteiger partial charge in [0, 0.05) is 0 Å². The number of nitrogens with one attached hydrogen (secondary N) is 1.